The van der Waals surface area contributed by atoms with Crippen LogP contribution in [0.25, 0.3) is 22.3 Å². The molecule has 0 radical (unpaired) electrons. The fourth-order valence-electron chi connectivity index (χ4n) is 2.77. The molecular weight excluding hydrogens is 384 g/mol. The summed E-state index contributed by atoms with van der Waals surface area (Å²) in [6.45, 7) is -0.163. The van der Waals surface area contributed by atoms with E-state index in [9.17, 15) is 14.7 Å². The summed E-state index contributed by atoms with van der Waals surface area (Å²) in [5.41, 5.74) is 0.633. The molecule has 0 fully saturated rings. The summed E-state index contributed by atoms with van der Waals surface area (Å²) in [6.07, 6.45) is 0. The van der Waals surface area contributed by atoms with Gasteiger partial charge in [0.2, 0.25) is 11.2 Å². The SMILES string of the molecule is O=C([O-])c1ccc(COc2c(-c3ccccc3)oc3ccc(Cl)cc3c2=O)o1. The van der Waals surface area contributed by atoms with Gasteiger partial charge in [-0.15, -0.1) is 0 Å². The minimum absolute atomic E-state index is 0.0210. The number of carboxylic acids is 1. The van der Waals surface area contributed by atoms with Gasteiger partial charge in [-0.05, 0) is 30.3 Å². The van der Waals surface area contributed by atoms with Crippen LogP contribution in [0.2, 0.25) is 5.02 Å². The van der Waals surface area contributed by atoms with Crippen LogP contribution in [0.15, 0.2) is 74.3 Å². The van der Waals surface area contributed by atoms with Gasteiger partial charge in [0.05, 0.1) is 5.39 Å². The first-order chi connectivity index (χ1) is 13.5. The summed E-state index contributed by atoms with van der Waals surface area (Å²) in [5.74, 6) is -1.29. The Bertz CT molecular complexity index is 1220. The van der Waals surface area contributed by atoms with Crippen LogP contribution in [0, 0.1) is 0 Å². The van der Waals surface area contributed by atoms with Crippen molar-refractivity contribution in [3.63, 3.8) is 0 Å². The minimum atomic E-state index is -1.43. The van der Waals surface area contributed by atoms with Crippen molar-refractivity contribution < 1.29 is 23.5 Å². The van der Waals surface area contributed by atoms with E-state index in [-0.39, 0.29) is 35.0 Å². The Labute approximate surface area is 163 Å². The van der Waals surface area contributed by atoms with Gasteiger partial charge in [-0.3, -0.25) is 4.79 Å². The molecule has 2 heterocycles. The Kier molecular flexibility index (Phi) is 4.63. The summed E-state index contributed by atoms with van der Waals surface area (Å²) in [5, 5.41) is 11.5. The average molecular weight is 396 g/mol. The highest BCUT2D eigenvalue weighted by Gasteiger charge is 2.18. The molecule has 0 amide bonds. The molecule has 0 unspecified atom stereocenters. The van der Waals surface area contributed by atoms with E-state index in [0.29, 0.717) is 16.2 Å². The van der Waals surface area contributed by atoms with Gasteiger partial charge in [0, 0.05) is 10.6 Å². The molecule has 6 nitrogen and oxygen atoms in total. The fourth-order valence-corrected chi connectivity index (χ4v) is 2.94. The van der Waals surface area contributed by atoms with E-state index in [2.05, 4.69) is 0 Å². The van der Waals surface area contributed by atoms with Gasteiger partial charge in [0.1, 0.15) is 29.7 Å². The fraction of sp³-hybridized carbons (Fsp3) is 0.0476. The number of halogens is 1. The third kappa shape index (κ3) is 3.37. The van der Waals surface area contributed by atoms with Gasteiger partial charge in [-0.25, -0.2) is 0 Å². The lowest BCUT2D eigenvalue weighted by molar-refractivity contribution is -0.257. The highest BCUT2D eigenvalue weighted by Crippen LogP contribution is 2.32. The molecule has 4 aromatic rings. The van der Waals surface area contributed by atoms with E-state index in [1.807, 2.05) is 18.2 Å². The molecule has 4 rings (SSSR count). The van der Waals surface area contributed by atoms with E-state index < -0.39 is 11.4 Å². The van der Waals surface area contributed by atoms with Crippen molar-refractivity contribution in [2.75, 3.05) is 0 Å². The predicted octanol–water partition coefficient (Wildman–Crippen LogP) is 3.65. The number of hydrogen-bond acceptors (Lipinski definition) is 6. The number of benzene rings is 2. The van der Waals surface area contributed by atoms with Crippen LogP contribution in [-0.4, -0.2) is 5.97 Å². The Hall–Kier alpha value is -3.51. The molecule has 0 saturated carbocycles. The van der Waals surface area contributed by atoms with Gasteiger partial charge in [0.25, 0.3) is 0 Å². The number of aromatic carboxylic acids is 1. The van der Waals surface area contributed by atoms with Crippen LogP contribution in [0.3, 0.4) is 0 Å². The zero-order valence-corrected chi connectivity index (χ0v) is 15.1. The molecule has 0 saturated heterocycles. The van der Waals surface area contributed by atoms with Gasteiger partial charge in [-0.2, -0.15) is 0 Å². The molecule has 0 aliphatic rings. The Morgan fingerprint density at radius 2 is 1.82 bits per heavy atom. The third-order valence-electron chi connectivity index (χ3n) is 4.07. The predicted molar refractivity (Wildman–Crippen MR) is 100 cm³/mol. The number of rotatable bonds is 5. The van der Waals surface area contributed by atoms with Crippen LogP contribution in [0.1, 0.15) is 16.3 Å². The summed E-state index contributed by atoms with van der Waals surface area (Å²) < 4.78 is 16.7. The molecule has 7 heteroatoms. The maximum Gasteiger partial charge on any atom is 0.235 e. The van der Waals surface area contributed by atoms with Crippen molar-refractivity contribution in [3.8, 4) is 17.1 Å². The van der Waals surface area contributed by atoms with Crippen LogP contribution in [0.5, 0.6) is 5.75 Å². The maximum atomic E-state index is 13.0. The first kappa shape index (κ1) is 17.9. The topological polar surface area (TPSA) is 92.7 Å². The van der Waals surface area contributed by atoms with Crippen molar-refractivity contribution >= 4 is 28.5 Å². The van der Waals surface area contributed by atoms with Gasteiger partial charge in [-0.1, -0.05) is 41.9 Å². The lowest BCUT2D eigenvalue weighted by Crippen LogP contribution is -2.21. The van der Waals surface area contributed by atoms with Crippen molar-refractivity contribution in [1.82, 2.24) is 0 Å². The van der Waals surface area contributed by atoms with E-state index >= 15 is 0 Å². The molecule has 140 valence electrons. The zero-order chi connectivity index (χ0) is 19.7. The Morgan fingerprint density at radius 3 is 2.54 bits per heavy atom. The maximum absolute atomic E-state index is 13.0. The molecule has 0 N–H and O–H groups in total. The van der Waals surface area contributed by atoms with Gasteiger partial charge >= 0.3 is 0 Å². The normalized spacial score (nSPS) is 10.9. The monoisotopic (exact) mass is 395 g/mol. The second-order valence-electron chi connectivity index (χ2n) is 5.94. The Morgan fingerprint density at radius 1 is 1.04 bits per heavy atom. The number of furan rings is 1. The summed E-state index contributed by atoms with van der Waals surface area (Å²) in [6, 6.07) is 16.5. The van der Waals surface area contributed by atoms with Crippen LogP contribution >= 0.6 is 11.6 Å². The smallest absolute Gasteiger partial charge is 0.235 e. The average Bonchev–Trinajstić information content (AvgIpc) is 3.18. The third-order valence-corrected chi connectivity index (χ3v) is 4.30. The van der Waals surface area contributed by atoms with Gasteiger partial charge in [0.15, 0.2) is 5.76 Å². The molecule has 0 aliphatic heterocycles. The molecule has 0 aliphatic carbocycles. The molecule has 0 bridgehead atoms. The number of fused-ring (bicyclic) bond motifs is 1. The molecule has 0 atom stereocenters. The molecular formula is C21H12ClO6-. The number of hydrogen-bond donors (Lipinski definition) is 0. The second kappa shape index (κ2) is 7.25. The van der Waals surface area contributed by atoms with Crippen LogP contribution in [0.4, 0.5) is 0 Å². The van der Waals surface area contributed by atoms with E-state index in [1.54, 1.807) is 24.3 Å². The van der Waals surface area contributed by atoms with E-state index in [4.69, 9.17) is 25.2 Å². The molecule has 28 heavy (non-hydrogen) atoms. The highest BCUT2D eigenvalue weighted by atomic mass is 35.5. The first-order valence-corrected chi connectivity index (χ1v) is 8.65. The van der Waals surface area contributed by atoms with Gasteiger partial charge < -0.3 is 23.5 Å². The van der Waals surface area contributed by atoms with E-state index in [1.165, 1.54) is 18.2 Å². The molecule has 2 aromatic heterocycles. The summed E-state index contributed by atoms with van der Waals surface area (Å²) >= 11 is 6.01. The highest BCUT2D eigenvalue weighted by molar-refractivity contribution is 6.31. The summed E-state index contributed by atoms with van der Waals surface area (Å²) in [7, 11) is 0. The quantitative estimate of drug-likeness (QED) is 0.512. The largest absolute Gasteiger partial charge is 0.542 e. The minimum Gasteiger partial charge on any atom is -0.542 e. The number of ether oxygens (including phenoxy) is 1. The standard InChI is InChI=1S/C21H13ClO6/c22-13-6-8-16-15(10-13)18(23)20(19(28-16)12-4-2-1-3-5-12)26-11-14-7-9-17(27-14)21(24)25/h1-10H,11H2,(H,24,25)/p-1. The van der Waals surface area contributed by atoms with Crippen molar-refractivity contribution in [3.05, 3.63) is 87.4 Å². The zero-order valence-electron chi connectivity index (χ0n) is 14.3. The molecule has 0 spiro atoms. The van der Waals surface area contributed by atoms with Crippen LogP contribution < -0.4 is 15.3 Å². The van der Waals surface area contributed by atoms with E-state index in [0.717, 1.165) is 0 Å². The summed E-state index contributed by atoms with van der Waals surface area (Å²) in [4.78, 5) is 23.9. The number of carbonyl (C=O) groups excluding carboxylic acids is 1. The van der Waals surface area contributed by atoms with Crippen molar-refractivity contribution in [1.29, 1.82) is 0 Å². The van der Waals surface area contributed by atoms with Crippen molar-refractivity contribution in [2.24, 2.45) is 0 Å². The lowest BCUT2D eigenvalue weighted by atomic mass is 10.1. The lowest BCUT2D eigenvalue weighted by Gasteiger charge is -2.11. The number of carboxylic acid groups (broad SMARTS) is 1. The van der Waals surface area contributed by atoms with Crippen molar-refractivity contribution in [2.45, 2.75) is 6.61 Å². The number of carbonyl (C=O) groups is 1. The first-order valence-electron chi connectivity index (χ1n) is 8.27. The second-order valence-corrected chi connectivity index (χ2v) is 6.37. The Balaban J connectivity index is 1.81. The van der Waals surface area contributed by atoms with Crippen LogP contribution in [-0.2, 0) is 6.61 Å². The molecule has 2 aromatic carbocycles.